The fraction of sp³-hybridized carbons (Fsp3) is 0.200. The largest absolute Gasteiger partial charge is 0.497 e. The molecular formula is C25H21ClFN3O3S. The average Bonchev–Trinajstić information content (AvgIpc) is 3.37. The lowest BCUT2D eigenvalue weighted by molar-refractivity contribution is -0.123. The number of benzene rings is 3. The monoisotopic (exact) mass is 497 g/mol. The van der Waals surface area contributed by atoms with E-state index in [1.165, 1.54) is 23.9 Å². The van der Waals surface area contributed by atoms with Gasteiger partial charge in [0.15, 0.2) is 4.87 Å². The number of ether oxygens (including phenoxy) is 1. The molecule has 0 aromatic heterocycles. The van der Waals surface area contributed by atoms with Crippen molar-refractivity contribution in [1.82, 2.24) is 4.90 Å². The van der Waals surface area contributed by atoms with Gasteiger partial charge in [-0.1, -0.05) is 23.7 Å². The molecule has 174 valence electrons. The first-order chi connectivity index (χ1) is 16.4. The summed E-state index contributed by atoms with van der Waals surface area (Å²) < 4.78 is 19.3. The highest BCUT2D eigenvalue weighted by molar-refractivity contribution is 8.01. The SMILES string of the molecule is COc1ccc2c(c1)C1(SCCN1C(=O)Nc1ccc(Cl)cc1)C(=O)N2Cc1cccc(F)c1. The second kappa shape index (κ2) is 8.85. The molecule has 5 rings (SSSR count). The Morgan fingerprint density at radius 1 is 1.18 bits per heavy atom. The van der Waals surface area contributed by atoms with Gasteiger partial charge in [0.2, 0.25) is 0 Å². The summed E-state index contributed by atoms with van der Waals surface area (Å²) in [5.41, 5.74) is 2.59. The fourth-order valence-corrected chi connectivity index (χ4v) is 6.00. The van der Waals surface area contributed by atoms with Gasteiger partial charge in [-0.3, -0.25) is 9.69 Å². The van der Waals surface area contributed by atoms with Gasteiger partial charge >= 0.3 is 6.03 Å². The van der Waals surface area contributed by atoms with Crippen molar-refractivity contribution < 1.29 is 18.7 Å². The summed E-state index contributed by atoms with van der Waals surface area (Å²) in [4.78, 5) is 29.4. The van der Waals surface area contributed by atoms with E-state index in [1.807, 2.05) is 6.07 Å². The maximum absolute atomic E-state index is 14.0. The molecule has 1 spiro atoms. The van der Waals surface area contributed by atoms with Gasteiger partial charge in [-0.2, -0.15) is 0 Å². The molecule has 0 bridgehead atoms. The summed E-state index contributed by atoms with van der Waals surface area (Å²) in [6.07, 6.45) is 0. The van der Waals surface area contributed by atoms with Crippen LogP contribution in [0.2, 0.25) is 5.02 Å². The van der Waals surface area contributed by atoms with Crippen LogP contribution in [0.4, 0.5) is 20.6 Å². The van der Waals surface area contributed by atoms with Crippen molar-refractivity contribution in [3.8, 4) is 5.75 Å². The molecule has 1 unspecified atom stereocenters. The van der Waals surface area contributed by atoms with Gasteiger partial charge in [0.05, 0.1) is 19.3 Å². The normalized spacial score (nSPS) is 19.0. The van der Waals surface area contributed by atoms with Crippen LogP contribution >= 0.6 is 23.4 Å². The third-order valence-corrected chi connectivity index (χ3v) is 7.64. The number of hydrogen-bond donors (Lipinski definition) is 1. The topological polar surface area (TPSA) is 61.9 Å². The number of hydrogen-bond acceptors (Lipinski definition) is 4. The Morgan fingerprint density at radius 3 is 2.71 bits per heavy atom. The minimum atomic E-state index is -1.24. The van der Waals surface area contributed by atoms with Crippen LogP contribution < -0.4 is 15.0 Å². The van der Waals surface area contributed by atoms with Crippen LogP contribution in [-0.4, -0.2) is 36.2 Å². The lowest BCUT2D eigenvalue weighted by Gasteiger charge is -2.33. The number of fused-ring (bicyclic) bond motifs is 2. The number of urea groups is 1. The third kappa shape index (κ3) is 3.76. The highest BCUT2D eigenvalue weighted by Gasteiger charge is 2.59. The number of rotatable bonds is 4. The van der Waals surface area contributed by atoms with E-state index in [0.717, 1.165) is 0 Å². The summed E-state index contributed by atoms with van der Waals surface area (Å²) in [7, 11) is 1.56. The Balaban J connectivity index is 1.54. The first kappa shape index (κ1) is 22.6. The predicted octanol–water partition coefficient (Wildman–Crippen LogP) is 5.47. The van der Waals surface area contributed by atoms with Crippen molar-refractivity contribution in [2.45, 2.75) is 11.4 Å². The summed E-state index contributed by atoms with van der Waals surface area (Å²) >= 11 is 7.37. The standard InChI is InChI=1S/C25H21ClFN3O3S/c1-33-20-9-10-22-21(14-20)25(23(31)29(22)15-16-3-2-4-18(27)13-16)30(11-12-34-25)24(32)28-19-7-5-17(26)6-8-19/h2-10,13-14H,11-12,15H2,1H3,(H,28,32). The smallest absolute Gasteiger partial charge is 0.323 e. The molecule has 9 heteroatoms. The van der Waals surface area contributed by atoms with Crippen LogP contribution in [0.15, 0.2) is 66.7 Å². The first-order valence-corrected chi connectivity index (χ1v) is 12.0. The molecule has 2 aliphatic heterocycles. The molecule has 2 heterocycles. The van der Waals surface area contributed by atoms with Crippen molar-refractivity contribution in [3.63, 3.8) is 0 Å². The molecule has 3 amide bonds. The fourth-order valence-electron chi connectivity index (χ4n) is 4.42. The Hall–Kier alpha value is -3.23. The van der Waals surface area contributed by atoms with Crippen LogP contribution in [0, 0.1) is 5.82 Å². The zero-order chi connectivity index (χ0) is 23.9. The molecule has 0 saturated carbocycles. The van der Waals surface area contributed by atoms with Crippen molar-refractivity contribution in [2.75, 3.05) is 29.6 Å². The molecule has 0 radical (unpaired) electrons. The predicted molar refractivity (Wildman–Crippen MR) is 132 cm³/mol. The number of carbonyl (C=O) groups excluding carboxylic acids is 2. The van der Waals surface area contributed by atoms with E-state index in [4.69, 9.17) is 16.3 Å². The van der Waals surface area contributed by atoms with E-state index in [0.29, 0.717) is 45.6 Å². The number of amides is 3. The van der Waals surface area contributed by atoms with Crippen molar-refractivity contribution >= 4 is 46.7 Å². The molecular weight excluding hydrogens is 477 g/mol. The van der Waals surface area contributed by atoms with Crippen molar-refractivity contribution in [2.24, 2.45) is 0 Å². The van der Waals surface area contributed by atoms with Gasteiger partial charge < -0.3 is 15.0 Å². The molecule has 3 aromatic carbocycles. The van der Waals surface area contributed by atoms with Crippen LogP contribution in [0.1, 0.15) is 11.1 Å². The van der Waals surface area contributed by atoms with Gasteiger partial charge in [-0.25, -0.2) is 9.18 Å². The lowest BCUT2D eigenvalue weighted by atomic mass is 10.1. The number of thioether (sulfide) groups is 1. The molecule has 3 aromatic rings. The van der Waals surface area contributed by atoms with E-state index in [-0.39, 0.29) is 24.3 Å². The van der Waals surface area contributed by atoms with E-state index in [1.54, 1.807) is 65.4 Å². The summed E-state index contributed by atoms with van der Waals surface area (Å²) in [6, 6.07) is 18.0. The molecule has 1 atom stereocenters. The van der Waals surface area contributed by atoms with Gasteiger partial charge in [-0.05, 0) is 60.2 Å². The Morgan fingerprint density at radius 2 is 1.97 bits per heavy atom. The number of carbonyl (C=O) groups is 2. The molecule has 2 aliphatic rings. The second-order valence-electron chi connectivity index (χ2n) is 7.99. The van der Waals surface area contributed by atoms with E-state index in [2.05, 4.69) is 5.32 Å². The minimum absolute atomic E-state index is 0.185. The highest BCUT2D eigenvalue weighted by atomic mass is 35.5. The van der Waals surface area contributed by atoms with Crippen molar-refractivity contribution in [1.29, 1.82) is 0 Å². The van der Waals surface area contributed by atoms with Gasteiger partial charge in [0.25, 0.3) is 5.91 Å². The molecule has 34 heavy (non-hydrogen) atoms. The molecule has 6 nitrogen and oxygen atoms in total. The number of nitrogens with zero attached hydrogens (tertiary/aromatic N) is 2. The minimum Gasteiger partial charge on any atom is -0.497 e. The Kier molecular flexibility index (Phi) is 5.87. The van der Waals surface area contributed by atoms with Gasteiger partial charge in [0.1, 0.15) is 11.6 Å². The number of methoxy groups -OCH3 is 1. The van der Waals surface area contributed by atoms with E-state index in [9.17, 15) is 14.0 Å². The molecule has 1 saturated heterocycles. The number of nitrogens with one attached hydrogen (secondary N) is 1. The summed E-state index contributed by atoms with van der Waals surface area (Å²) in [6.45, 7) is 0.575. The molecule has 0 aliphatic carbocycles. The Bertz CT molecular complexity index is 1270. The quantitative estimate of drug-likeness (QED) is 0.519. The molecule has 1 N–H and O–H groups in total. The van der Waals surface area contributed by atoms with Crippen LogP contribution in [0.3, 0.4) is 0 Å². The summed E-state index contributed by atoms with van der Waals surface area (Å²) in [5, 5.41) is 3.44. The lowest BCUT2D eigenvalue weighted by Crippen LogP contribution is -2.51. The van der Waals surface area contributed by atoms with Crippen molar-refractivity contribution in [3.05, 3.63) is 88.7 Å². The highest BCUT2D eigenvalue weighted by Crippen LogP contribution is 2.55. The number of anilines is 2. The maximum atomic E-state index is 14.0. The average molecular weight is 498 g/mol. The summed E-state index contributed by atoms with van der Waals surface area (Å²) in [5.74, 6) is 0.565. The first-order valence-electron chi connectivity index (χ1n) is 10.7. The van der Waals surface area contributed by atoms with Crippen LogP contribution in [0.25, 0.3) is 0 Å². The van der Waals surface area contributed by atoms with Crippen LogP contribution in [0.5, 0.6) is 5.75 Å². The van der Waals surface area contributed by atoms with Gasteiger partial charge in [-0.15, -0.1) is 11.8 Å². The van der Waals surface area contributed by atoms with Crippen LogP contribution in [-0.2, 0) is 16.2 Å². The van der Waals surface area contributed by atoms with E-state index < -0.39 is 4.87 Å². The maximum Gasteiger partial charge on any atom is 0.323 e. The van der Waals surface area contributed by atoms with E-state index >= 15 is 0 Å². The third-order valence-electron chi connectivity index (χ3n) is 5.97. The second-order valence-corrected chi connectivity index (χ2v) is 9.71. The van der Waals surface area contributed by atoms with Gasteiger partial charge in [0, 0.05) is 28.6 Å². The zero-order valence-corrected chi connectivity index (χ0v) is 19.8. The Labute approximate surface area is 205 Å². The number of halogens is 2. The zero-order valence-electron chi connectivity index (χ0n) is 18.3. The molecule has 1 fully saturated rings.